The topological polar surface area (TPSA) is 66.6 Å². The molecular formula is C13H24N2O2. The van der Waals surface area contributed by atoms with E-state index in [1.807, 2.05) is 18.7 Å². The fourth-order valence-corrected chi connectivity index (χ4v) is 3.40. The molecule has 2 heterocycles. The Morgan fingerprint density at radius 3 is 2.41 bits per heavy atom. The summed E-state index contributed by atoms with van der Waals surface area (Å²) < 4.78 is 0. The van der Waals surface area contributed by atoms with Gasteiger partial charge in [0.1, 0.15) is 0 Å². The first-order valence-corrected chi connectivity index (χ1v) is 6.75. The van der Waals surface area contributed by atoms with Crippen molar-refractivity contribution >= 4 is 5.91 Å². The minimum atomic E-state index is -0.738. The molecule has 0 radical (unpaired) electrons. The lowest BCUT2D eigenvalue weighted by atomic mass is 9.91. The van der Waals surface area contributed by atoms with E-state index in [9.17, 15) is 9.90 Å². The molecule has 2 saturated heterocycles. The van der Waals surface area contributed by atoms with E-state index in [0.717, 1.165) is 38.5 Å². The van der Waals surface area contributed by atoms with Crippen LogP contribution in [-0.4, -0.2) is 39.6 Å². The minimum Gasteiger partial charge on any atom is -0.393 e. The van der Waals surface area contributed by atoms with Crippen molar-refractivity contribution in [1.82, 2.24) is 4.90 Å². The van der Waals surface area contributed by atoms with Gasteiger partial charge in [-0.3, -0.25) is 4.79 Å². The molecule has 4 nitrogen and oxygen atoms in total. The second kappa shape index (κ2) is 4.58. The molecule has 17 heavy (non-hydrogen) atoms. The number of piperidine rings is 1. The third-order valence-electron chi connectivity index (χ3n) is 4.20. The lowest BCUT2D eigenvalue weighted by Gasteiger charge is -2.41. The van der Waals surface area contributed by atoms with Gasteiger partial charge in [0.2, 0.25) is 5.91 Å². The second-order valence-corrected chi connectivity index (χ2v) is 5.89. The summed E-state index contributed by atoms with van der Waals surface area (Å²) in [5, 5.41) is 9.73. The summed E-state index contributed by atoms with van der Waals surface area (Å²) in [7, 11) is 0. The van der Waals surface area contributed by atoms with Gasteiger partial charge in [-0.2, -0.15) is 0 Å². The SMILES string of the molecule is CCCC(C)(N)C(=O)N1C2CCC1CC(O)C2. The highest BCUT2D eigenvalue weighted by atomic mass is 16.3. The van der Waals surface area contributed by atoms with Gasteiger partial charge < -0.3 is 15.7 Å². The maximum absolute atomic E-state index is 12.5. The van der Waals surface area contributed by atoms with Gasteiger partial charge in [0.05, 0.1) is 11.6 Å². The molecule has 3 atom stereocenters. The third kappa shape index (κ3) is 2.33. The number of fused-ring (bicyclic) bond motifs is 2. The number of aliphatic hydroxyl groups is 1. The summed E-state index contributed by atoms with van der Waals surface area (Å²) in [6.45, 7) is 3.89. The fraction of sp³-hybridized carbons (Fsp3) is 0.923. The van der Waals surface area contributed by atoms with Crippen LogP contribution in [0.2, 0.25) is 0 Å². The van der Waals surface area contributed by atoms with Crippen LogP contribution < -0.4 is 5.73 Å². The quantitative estimate of drug-likeness (QED) is 0.774. The van der Waals surface area contributed by atoms with E-state index in [2.05, 4.69) is 0 Å². The van der Waals surface area contributed by atoms with Gasteiger partial charge in [-0.15, -0.1) is 0 Å². The van der Waals surface area contributed by atoms with Crippen LogP contribution in [0.1, 0.15) is 52.4 Å². The van der Waals surface area contributed by atoms with E-state index in [-0.39, 0.29) is 24.1 Å². The number of carbonyl (C=O) groups excluding carboxylic acids is 1. The lowest BCUT2D eigenvalue weighted by Crippen LogP contribution is -2.59. The third-order valence-corrected chi connectivity index (χ3v) is 4.20. The van der Waals surface area contributed by atoms with Gasteiger partial charge in [0, 0.05) is 12.1 Å². The largest absolute Gasteiger partial charge is 0.393 e. The molecule has 2 aliphatic rings. The normalized spacial score (nSPS) is 35.8. The molecule has 0 aromatic rings. The second-order valence-electron chi connectivity index (χ2n) is 5.89. The van der Waals surface area contributed by atoms with Crippen LogP contribution in [0.4, 0.5) is 0 Å². The summed E-state index contributed by atoms with van der Waals surface area (Å²) in [6, 6.07) is 0.437. The van der Waals surface area contributed by atoms with Gasteiger partial charge in [0.25, 0.3) is 0 Å². The van der Waals surface area contributed by atoms with Crippen molar-refractivity contribution in [2.75, 3.05) is 0 Å². The first kappa shape index (κ1) is 12.8. The summed E-state index contributed by atoms with van der Waals surface area (Å²) in [5.74, 6) is 0.0822. The molecule has 2 fully saturated rings. The molecule has 2 rings (SSSR count). The number of rotatable bonds is 3. The van der Waals surface area contributed by atoms with Gasteiger partial charge in [0.15, 0.2) is 0 Å². The van der Waals surface area contributed by atoms with Crippen LogP contribution in [0.15, 0.2) is 0 Å². The number of hydrogen-bond donors (Lipinski definition) is 2. The Morgan fingerprint density at radius 1 is 1.41 bits per heavy atom. The van der Waals surface area contributed by atoms with Gasteiger partial charge in [-0.1, -0.05) is 13.3 Å². The Bertz CT molecular complexity index is 290. The molecule has 3 N–H and O–H groups in total. The highest BCUT2D eigenvalue weighted by Gasteiger charge is 2.46. The predicted molar refractivity (Wildman–Crippen MR) is 66.4 cm³/mol. The molecule has 2 bridgehead atoms. The summed E-state index contributed by atoms with van der Waals surface area (Å²) >= 11 is 0. The molecule has 98 valence electrons. The zero-order valence-corrected chi connectivity index (χ0v) is 10.9. The highest BCUT2D eigenvalue weighted by Crippen LogP contribution is 2.37. The highest BCUT2D eigenvalue weighted by molar-refractivity contribution is 5.86. The molecule has 0 spiro atoms. The van der Waals surface area contributed by atoms with Crippen LogP contribution in [-0.2, 0) is 4.79 Å². The number of nitrogens with two attached hydrogens (primary N) is 1. The summed E-state index contributed by atoms with van der Waals surface area (Å²) in [4.78, 5) is 14.5. The molecule has 0 aliphatic carbocycles. The fourth-order valence-electron chi connectivity index (χ4n) is 3.40. The van der Waals surface area contributed by atoms with E-state index >= 15 is 0 Å². The predicted octanol–water partition coefficient (Wildman–Crippen LogP) is 1.02. The van der Waals surface area contributed by atoms with Crippen LogP contribution in [0.3, 0.4) is 0 Å². The van der Waals surface area contributed by atoms with Gasteiger partial charge in [-0.05, 0) is 39.0 Å². The zero-order valence-electron chi connectivity index (χ0n) is 10.9. The van der Waals surface area contributed by atoms with Crippen LogP contribution >= 0.6 is 0 Å². The number of amides is 1. The van der Waals surface area contributed by atoms with Gasteiger partial charge >= 0.3 is 0 Å². The van der Waals surface area contributed by atoms with E-state index in [1.165, 1.54) is 0 Å². The van der Waals surface area contributed by atoms with Crippen molar-refractivity contribution in [3.05, 3.63) is 0 Å². The maximum atomic E-state index is 12.5. The number of aliphatic hydroxyl groups excluding tert-OH is 1. The number of carbonyl (C=O) groups is 1. The molecule has 0 aromatic carbocycles. The van der Waals surface area contributed by atoms with Crippen molar-refractivity contribution in [3.63, 3.8) is 0 Å². The first-order chi connectivity index (χ1) is 7.95. The van der Waals surface area contributed by atoms with Crippen LogP contribution in [0.5, 0.6) is 0 Å². The Kier molecular flexibility index (Phi) is 3.46. The summed E-state index contributed by atoms with van der Waals surface area (Å²) in [6.07, 6.45) is 4.92. The van der Waals surface area contributed by atoms with Crippen LogP contribution in [0, 0.1) is 0 Å². The minimum absolute atomic E-state index is 0.0822. The lowest BCUT2D eigenvalue weighted by molar-refractivity contribution is -0.143. The standard InChI is InChI=1S/C13H24N2O2/c1-3-6-13(2,14)12(17)15-9-4-5-10(15)8-11(16)7-9/h9-11,16H,3-8,14H2,1-2H3. The Hall–Kier alpha value is -0.610. The number of hydrogen-bond acceptors (Lipinski definition) is 3. The van der Waals surface area contributed by atoms with Crippen molar-refractivity contribution in [1.29, 1.82) is 0 Å². The zero-order chi connectivity index (χ0) is 12.6. The smallest absolute Gasteiger partial charge is 0.242 e. The van der Waals surface area contributed by atoms with E-state index in [4.69, 9.17) is 5.73 Å². The molecule has 3 unspecified atom stereocenters. The average molecular weight is 240 g/mol. The van der Waals surface area contributed by atoms with E-state index in [0.29, 0.717) is 0 Å². The monoisotopic (exact) mass is 240 g/mol. The molecular weight excluding hydrogens is 216 g/mol. The Morgan fingerprint density at radius 2 is 1.94 bits per heavy atom. The molecule has 1 amide bonds. The van der Waals surface area contributed by atoms with Gasteiger partial charge in [-0.25, -0.2) is 0 Å². The van der Waals surface area contributed by atoms with Crippen LogP contribution in [0.25, 0.3) is 0 Å². The summed E-state index contributed by atoms with van der Waals surface area (Å²) in [5.41, 5.74) is 5.40. The molecule has 4 heteroatoms. The van der Waals surface area contributed by atoms with Crippen molar-refractivity contribution in [3.8, 4) is 0 Å². The maximum Gasteiger partial charge on any atom is 0.242 e. The van der Waals surface area contributed by atoms with Crippen molar-refractivity contribution in [2.45, 2.75) is 76.1 Å². The van der Waals surface area contributed by atoms with Crippen molar-refractivity contribution in [2.24, 2.45) is 5.73 Å². The molecule has 2 aliphatic heterocycles. The average Bonchev–Trinajstić information content (AvgIpc) is 2.49. The Labute approximate surface area is 103 Å². The van der Waals surface area contributed by atoms with Crippen molar-refractivity contribution < 1.29 is 9.90 Å². The first-order valence-electron chi connectivity index (χ1n) is 6.75. The molecule has 0 aromatic heterocycles. The number of nitrogens with zero attached hydrogens (tertiary/aromatic N) is 1. The molecule has 0 saturated carbocycles. The van der Waals surface area contributed by atoms with E-state index < -0.39 is 5.54 Å². The Balaban J connectivity index is 2.11. The van der Waals surface area contributed by atoms with E-state index in [1.54, 1.807) is 0 Å².